The summed E-state index contributed by atoms with van der Waals surface area (Å²) in [5.41, 5.74) is 4.56. The van der Waals surface area contributed by atoms with Crippen LogP contribution in [0.5, 0.6) is 0 Å². The van der Waals surface area contributed by atoms with Crippen LogP contribution in [0.25, 0.3) is 0 Å². The quantitative estimate of drug-likeness (QED) is 0.422. The van der Waals surface area contributed by atoms with E-state index in [1.165, 1.54) is 0 Å². The minimum absolute atomic E-state index is 0.648. The second-order valence-electron chi connectivity index (χ2n) is 0.489. The van der Waals surface area contributed by atoms with E-state index in [0.717, 1.165) is 6.20 Å². The van der Waals surface area contributed by atoms with Crippen LogP contribution in [0.4, 0.5) is 4.39 Å². The number of hydrogen-bond donors (Lipinski definition) is 2. The van der Waals surface area contributed by atoms with Crippen molar-refractivity contribution in [3.8, 4) is 0 Å². The van der Waals surface area contributed by atoms with Crippen LogP contribution in [0.2, 0.25) is 0 Å². The van der Waals surface area contributed by atoms with E-state index < -0.39 is 5.16 Å². The van der Waals surface area contributed by atoms with Gasteiger partial charge in [-0.1, -0.05) is 0 Å². The van der Waals surface area contributed by atoms with Gasteiger partial charge in [-0.2, -0.15) is 4.39 Å². The summed E-state index contributed by atoms with van der Waals surface area (Å²) in [6.07, 6.45) is 0.781. The summed E-state index contributed by atoms with van der Waals surface area (Å²) in [5, 5.41) is -0.648. The van der Waals surface area contributed by atoms with Crippen molar-refractivity contribution in [1.29, 1.82) is 0 Å². The fourth-order valence-corrected chi connectivity index (χ4v) is 0. The van der Waals surface area contributed by atoms with Crippen LogP contribution >= 0.6 is 12.6 Å². The van der Waals surface area contributed by atoms with E-state index in [0.29, 0.717) is 0 Å². The molecule has 0 unspecified atom stereocenters. The number of thiol groups is 1. The van der Waals surface area contributed by atoms with E-state index in [2.05, 4.69) is 18.4 Å². The van der Waals surface area contributed by atoms with Gasteiger partial charge < -0.3 is 5.73 Å². The van der Waals surface area contributed by atoms with Crippen LogP contribution in [0.1, 0.15) is 0 Å². The first kappa shape index (κ1) is 4.82. The molecule has 0 aromatic rings. The number of halogens is 1. The second kappa shape index (κ2) is 2.08. The molecule has 0 aliphatic carbocycles. The molecule has 30 valence electrons. The largest absolute Gasteiger partial charge is 0.402 e. The lowest BCUT2D eigenvalue weighted by Gasteiger charge is -1.68. The monoisotopic (exact) mass is 93.0 g/mol. The van der Waals surface area contributed by atoms with Crippen LogP contribution in [0.15, 0.2) is 11.4 Å². The lowest BCUT2D eigenvalue weighted by atomic mass is 11.0. The molecule has 0 radical (unpaired) electrons. The molecule has 0 aliphatic heterocycles. The fraction of sp³-hybridized carbons (Fsp3) is 0. The highest BCUT2D eigenvalue weighted by Crippen LogP contribution is 1.94. The molecule has 0 aliphatic rings. The Hall–Kier alpha value is -0.180. The molecule has 0 saturated heterocycles. The van der Waals surface area contributed by atoms with Crippen LogP contribution in [-0.4, -0.2) is 0 Å². The van der Waals surface area contributed by atoms with Crippen molar-refractivity contribution >= 4 is 12.6 Å². The van der Waals surface area contributed by atoms with Gasteiger partial charge in [-0.15, -0.1) is 12.6 Å². The summed E-state index contributed by atoms with van der Waals surface area (Å²) in [6, 6.07) is 0. The minimum atomic E-state index is -0.648. The molecular formula is C2H4FNS. The molecule has 0 rings (SSSR count). The second-order valence-corrected chi connectivity index (χ2v) is 0.917. The maximum absolute atomic E-state index is 11.0. The summed E-state index contributed by atoms with van der Waals surface area (Å²) >= 11 is 3.17. The number of hydrogen-bond acceptors (Lipinski definition) is 2. The summed E-state index contributed by atoms with van der Waals surface area (Å²) in [4.78, 5) is 0. The van der Waals surface area contributed by atoms with E-state index >= 15 is 0 Å². The average Bonchev–Trinajstić information content (AvgIpc) is 1.38. The van der Waals surface area contributed by atoms with Crippen molar-refractivity contribution in [2.45, 2.75) is 0 Å². The minimum Gasteiger partial charge on any atom is -0.402 e. The molecule has 2 N–H and O–H groups in total. The van der Waals surface area contributed by atoms with Gasteiger partial charge in [0.05, 0.1) is 0 Å². The molecule has 1 nitrogen and oxygen atoms in total. The molecule has 0 aromatic carbocycles. The summed E-state index contributed by atoms with van der Waals surface area (Å²) in [7, 11) is 0. The highest BCUT2D eigenvalue weighted by molar-refractivity contribution is 7.84. The van der Waals surface area contributed by atoms with E-state index in [-0.39, 0.29) is 0 Å². The van der Waals surface area contributed by atoms with Crippen molar-refractivity contribution in [2.24, 2.45) is 5.73 Å². The Balaban J connectivity index is 3.14. The van der Waals surface area contributed by atoms with Crippen molar-refractivity contribution in [3.63, 3.8) is 0 Å². The van der Waals surface area contributed by atoms with Gasteiger partial charge in [-0.05, 0) is 0 Å². The van der Waals surface area contributed by atoms with Gasteiger partial charge in [-0.25, -0.2) is 0 Å². The van der Waals surface area contributed by atoms with Crippen LogP contribution in [-0.2, 0) is 0 Å². The van der Waals surface area contributed by atoms with Crippen molar-refractivity contribution in [3.05, 3.63) is 11.4 Å². The van der Waals surface area contributed by atoms with Crippen LogP contribution in [0.3, 0.4) is 0 Å². The Kier molecular flexibility index (Phi) is 2.01. The highest BCUT2D eigenvalue weighted by atomic mass is 32.1. The average molecular weight is 93.1 g/mol. The fourth-order valence-electron chi connectivity index (χ4n) is 0. The van der Waals surface area contributed by atoms with E-state index in [9.17, 15) is 4.39 Å². The Morgan fingerprint density at radius 3 is 2.20 bits per heavy atom. The molecule has 5 heavy (non-hydrogen) atoms. The zero-order valence-corrected chi connectivity index (χ0v) is 3.37. The summed E-state index contributed by atoms with van der Waals surface area (Å²) in [5.74, 6) is 0. The third kappa shape index (κ3) is 3.82. The lowest BCUT2D eigenvalue weighted by molar-refractivity contribution is 0.698. The first-order valence-electron chi connectivity index (χ1n) is 1.03. The smallest absolute Gasteiger partial charge is 0.168 e. The van der Waals surface area contributed by atoms with Gasteiger partial charge in [0, 0.05) is 6.20 Å². The van der Waals surface area contributed by atoms with Gasteiger partial charge >= 0.3 is 0 Å². The Morgan fingerprint density at radius 1 is 2.00 bits per heavy atom. The number of rotatable bonds is 0. The normalized spacial score (nSPS) is 12.0. The predicted molar refractivity (Wildman–Crippen MR) is 22.4 cm³/mol. The van der Waals surface area contributed by atoms with Gasteiger partial charge in [0.15, 0.2) is 5.16 Å². The van der Waals surface area contributed by atoms with E-state index in [1.54, 1.807) is 0 Å². The van der Waals surface area contributed by atoms with Gasteiger partial charge in [0.25, 0.3) is 0 Å². The topological polar surface area (TPSA) is 26.0 Å². The molecule has 0 bridgehead atoms. The molecule has 0 heterocycles. The van der Waals surface area contributed by atoms with Crippen molar-refractivity contribution in [1.82, 2.24) is 0 Å². The summed E-state index contributed by atoms with van der Waals surface area (Å²) in [6.45, 7) is 0. The van der Waals surface area contributed by atoms with Crippen LogP contribution < -0.4 is 5.73 Å². The zero-order valence-electron chi connectivity index (χ0n) is 2.48. The molecule has 0 atom stereocenters. The van der Waals surface area contributed by atoms with Gasteiger partial charge in [0.2, 0.25) is 0 Å². The number of nitrogens with two attached hydrogens (primary N) is 1. The van der Waals surface area contributed by atoms with Gasteiger partial charge in [0.1, 0.15) is 0 Å². The molecule has 0 fully saturated rings. The standard InChI is InChI=1S/C2H4FNS/c3-2(5)1-4/h1,5H,4H2/b2-1+. The van der Waals surface area contributed by atoms with Gasteiger partial charge in [-0.3, -0.25) is 0 Å². The molecule has 0 amide bonds. The van der Waals surface area contributed by atoms with Crippen LogP contribution in [0, 0.1) is 0 Å². The molecular weight excluding hydrogens is 89.1 g/mol. The lowest BCUT2D eigenvalue weighted by Crippen LogP contribution is -1.74. The maximum atomic E-state index is 11.0. The first-order valence-corrected chi connectivity index (χ1v) is 1.48. The Labute approximate surface area is 35.1 Å². The third-order valence-corrected chi connectivity index (χ3v) is 0.287. The SMILES string of the molecule is N/C=C(\F)S. The predicted octanol–water partition coefficient (Wildman–Crippen LogP) is 0.643. The first-order chi connectivity index (χ1) is 2.27. The van der Waals surface area contributed by atoms with E-state index in [4.69, 9.17) is 0 Å². The Morgan fingerprint density at radius 2 is 2.20 bits per heavy atom. The molecule has 0 spiro atoms. The van der Waals surface area contributed by atoms with E-state index in [1.807, 2.05) is 0 Å². The maximum Gasteiger partial charge on any atom is 0.168 e. The molecule has 3 heteroatoms. The van der Waals surface area contributed by atoms with Crippen molar-refractivity contribution in [2.75, 3.05) is 0 Å². The van der Waals surface area contributed by atoms with Crippen molar-refractivity contribution < 1.29 is 4.39 Å². The Bertz CT molecular complexity index is 47.6. The molecule has 0 saturated carbocycles. The highest BCUT2D eigenvalue weighted by Gasteiger charge is 1.69. The summed E-state index contributed by atoms with van der Waals surface area (Å²) < 4.78 is 11.0. The molecule has 0 aromatic heterocycles. The third-order valence-electron chi connectivity index (χ3n) is 0.138. The zero-order chi connectivity index (χ0) is 4.28.